The highest BCUT2D eigenvalue weighted by Gasteiger charge is 2.40. The van der Waals surface area contributed by atoms with Gasteiger partial charge in [0.25, 0.3) is 0 Å². The predicted octanol–water partition coefficient (Wildman–Crippen LogP) is -0.100. The first-order valence-corrected chi connectivity index (χ1v) is 6.98. The van der Waals surface area contributed by atoms with Crippen molar-refractivity contribution in [2.75, 3.05) is 40.3 Å². The Morgan fingerprint density at radius 3 is 2.40 bits per heavy atom. The van der Waals surface area contributed by atoms with Crippen molar-refractivity contribution in [3.8, 4) is 0 Å². The number of aliphatic hydroxyl groups is 1. The second-order valence-corrected chi connectivity index (χ2v) is 5.47. The van der Waals surface area contributed by atoms with Gasteiger partial charge in [-0.05, 0) is 20.5 Å². The monoisotopic (exact) mass is 287 g/mol. The van der Waals surface area contributed by atoms with Crippen LogP contribution >= 0.6 is 0 Å². The minimum atomic E-state index is -1.06. The third kappa shape index (κ3) is 4.35. The summed E-state index contributed by atoms with van der Waals surface area (Å²) in [5, 5.41) is 18.8. The average Bonchev–Trinajstić information content (AvgIpc) is 2.75. The molecule has 1 fully saturated rings. The second kappa shape index (κ2) is 7.44. The number of aliphatic hydroxyl groups excluding tert-OH is 1. The number of amides is 2. The van der Waals surface area contributed by atoms with Crippen molar-refractivity contribution in [3.63, 3.8) is 0 Å². The fourth-order valence-corrected chi connectivity index (χ4v) is 2.33. The van der Waals surface area contributed by atoms with Crippen LogP contribution in [0.4, 0.5) is 4.79 Å². The third-order valence-corrected chi connectivity index (χ3v) is 3.39. The molecule has 1 heterocycles. The fraction of sp³-hybridized carbons (Fsp3) is 0.846. The van der Waals surface area contributed by atoms with Crippen molar-refractivity contribution >= 4 is 12.0 Å². The lowest BCUT2D eigenvalue weighted by Gasteiger charge is -2.30. The summed E-state index contributed by atoms with van der Waals surface area (Å²) in [6.45, 7) is 3.94. The highest BCUT2D eigenvalue weighted by Crippen LogP contribution is 2.20. The summed E-state index contributed by atoms with van der Waals surface area (Å²) in [4.78, 5) is 28.6. The molecule has 20 heavy (non-hydrogen) atoms. The smallest absolute Gasteiger partial charge is 0.326 e. The van der Waals surface area contributed by atoms with Crippen LogP contribution in [0.15, 0.2) is 0 Å². The number of hydrogen-bond donors (Lipinski definition) is 2. The minimum absolute atomic E-state index is 0.0952. The largest absolute Gasteiger partial charge is 0.480 e. The molecule has 2 atom stereocenters. The summed E-state index contributed by atoms with van der Waals surface area (Å²) in [5.41, 5.74) is 0. The zero-order valence-electron chi connectivity index (χ0n) is 12.4. The van der Waals surface area contributed by atoms with E-state index in [9.17, 15) is 14.7 Å². The summed E-state index contributed by atoms with van der Waals surface area (Å²) in [6, 6.07) is -1.21. The number of carbonyl (C=O) groups excluding carboxylic acids is 1. The summed E-state index contributed by atoms with van der Waals surface area (Å²) < 4.78 is 0. The van der Waals surface area contributed by atoms with E-state index in [-0.39, 0.29) is 19.0 Å². The predicted molar refractivity (Wildman–Crippen MR) is 74.6 cm³/mol. The number of β-amino-alcohol motifs (C(OH)–C–C–N with tert-alkyl or cyclic N) is 1. The van der Waals surface area contributed by atoms with Crippen molar-refractivity contribution < 1.29 is 19.8 Å². The molecule has 0 unspecified atom stereocenters. The first kappa shape index (κ1) is 16.7. The van der Waals surface area contributed by atoms with E-state index >= 15 is 0 Å². The summed E-state index contributed by atoms with van der Waals surface area (Å²) >= 11 is 0. The van der Waals surface area contributed by atoms with Gasteiger partial charge in [0.05, 0.1) is 6.10 Å². The van der Waals surface area contributed by atoms with Gasteiger partial charge in [-0.1, -0.05) is 6.92 Å². The molecule has 0 radical (unpaired) electrons. The number of likely N-dealkylation sites (N-methyl/N-ethyl adjacent to an activating group) is 1. The van der Waals surface area contributed by atoms with E-state index in [4.69, 9.17) is 5.11 Å². The van der Waals surface area contributed by atoms with Gasteiger partial charge < -0.3 is 24.9 Å². The molecular weight excluding hydrogens is 262 g/mol. The van der Waals surface area contributed by atoms with Crippen molar-refractivity contribution in [2.45, 2.75) is 31.9 Å². The molecule has 2 amide bonds. The Morgan fingerprint density at radius 2 is 1.90 bits per heavy atom. The number of carboxylic acids is 1. The summed E-state index contributed by atoms with van der Waals surface area (Å²) in [5.74, 6) is -1.06. The molecule has 0 aliphatic carbocycles. The Balaban J connectivity index is 2.74. The zero-order chi connectivity index (χ0) is 15.3. The van der Waals surface area contributed by atoms with Gasteiger partial charge in [0.1, 0.15) is 6.04 Å². The van der Waals surface area contributed by atoms with E-state index < -0.39 is 18.1 Å². The van der Waals surface area contributed by atoms with Crippen molar-refractivity contribution in [3.05, 3.63) is 0 Å². The van der Waals surface area contributed by atoms with Crippen LogP contribution in [0.25, 0.3) is 0 Å². The van der Waals surface area contributed by atoms with Crippen molar-refractivity contribution in [2.24, 2.45) is 0 Å². The van der Waals surface area contributed by atoms with E-state index in [0.29, 0.717) is 13.1 Å². The lowest BCUT2D eigenvalue weighted by Crippen LogP contribution is -2.49. The number of nitrogens with zero attached hydrogens (tertiary/aromatic N) is 3. The van der Waals surface area contributed by atoms with E-state index in [2.05, 4.69) is 0 Å². The molecule has 0 aromatic heterocycles. The van der Waals surface area contributed by atoms with Crippen LogP contribution < -0.4 is 0 Å². The Hall–Kier alpha value is -1.34. The van der Waals surface area contributed by atoms with Gasteiger partial charge in [0, 0.05) is 32.6 Å². The molecule has 1 saturated heterocycles. The topological polar surface area (TPSA) is 84.3 Å². The van der Waals surface area contributed by atoms with Crippen molar-refractivity contribution in [1.29, 1.82) is 0 Å². The number of hydrogen-bond acceptors (Lipinski definition) is 4. The number of aliphatic carboxylic acids is 1. The molecule has 7 heteroatoms. The van der Waals surface area contributed by atoms with Gasteiger partial charge in [-0.2, -0.15) is 0 Å². The van der Waals surface area contributed by atoms with Crippen LogP contribution in [-0.2, 0) is 4.79 Å². The van der Waals surface area contributed by atoms with Gasteiger partial charge in [0.2, 0.25) is 0 Å². The maximum Gasteiger partial charge on any atom is 0.326 e. The second-order valence-electron chi connectivity index (χ2n) is 5.47. The highest BCUT2D eigenvalue weighted by atomic mass is 16.4. The van der Waals surface area contributed by atoms with E-state index in [1.165, 1.54) is 4.90 Å². The number of carbonyl (C=O) groups is 2. The van der Waals surface area contributed by atoms with Gasteiger partial charge in [-0.3, -0.25) is 0 Å². The Labute approximate surface area is 119 Å². The number of urea groups is 1. The molecule has 0 aromatic carbocycles. The normalized spacial score (nSPS) is 22.4. The maximum absolute atomic E-state index is 12.5. The van der Waals surface area contributed by atoms with Gasteiger partial charge in [-0.15, -0.1) is 0 Å². The van der Waals surface area contributed by atoms with Crippen molar-refractivity contribution in [1.82, 2.24) is 14.7 Å². The van der Waals surface area contributed by atoms with Crippen LogP contribution in [0.3, 0.4) is 0 Å². The molecule has 1 aliphatic heterocycles. The number of likely N-dealkylation sites (tertiary alicyclic amines) is 1. The van der Waals surface area contributed by atoms with Gasteiger partial charge >= 0.3 is 12.0 Å². The molecule has 0 bridgehead atoms. The van der Waals surface area contributed by atoms with E-state index in [1.807, 2.05) is 25.9 Å². The molecule has 116 valence electrons. The zero-order valence-corrected chi connectivity index (χ0v) is 12.4. The van der Waals surface area contributed by atoms with Crippen LogP contribution in [0.2, 0.25) is 0 Å². The molecular formula is C13H25N3O4. The van der Waals surface area contributed by atoms with E-state index in [1.54, 1.807) is 4.90 Å². The summed E-state index contributed by atoms with van der Waals surface area (Å²) in [7, 11) is 3.85. The van der Waals surface area contributed by atoms with Crippen LogP contribution in [0, 0.1) is 0 Å². The number of rotatable bonds is 6. The molecule has 7 nitrogen and oxygen atoms in total. The molecule has 0 aromatic rings. The summed E-state index contributed by atoms with van der Waals surface area (Å²) in [6.07, 6.45) is 0.166. The molecule has 1 rings (SSSR count). The average molecular weight is 287 g/mol. The quantitative estimate of drug-likeness (QED) is 0.712. The number of carboxylic acid groups (broad SMARTS) is 1. The van der Waals surface area contributed by atoms with Gasteiger partial charge in [0.15, 0.2) is 0 Å². The lowest BCUT2D eigenvalue weighted by atomic mass is 10.2. The molecule has 2 N–H and O–H groups in total. The minimum Gasteiger partial charge on any atom is -0.480 e. The lowest BCUT2D eigenvalue weighted by molar-refractivity contribution is -0.141. The molecule has 1 aliphatic rings. The van der Waals surface area contributed by atoms with E-state index in [0.717, 1.165) is 13.0 Å². The maximum atomic E-state index is 12.5. The fourth-order valence-electron chi connectivity index (χ4n) is 2.33. The van der Waals surface area contributed by atoms with Crippen LogP contribution in [-0.4, -0.2) is 89.3 Å². The Bertz CT molecular complexity index is 349. The van der Waals surface area contributed by atoms with Gasteiger partial charge in [-0.25, -0.2) is 9.59 Å². The Kier molecular flexibility index (Phi) is 6.22. The first-order valence-electron chi connectivity index (χ1n) is 6.98. The third-order valence-electron chi connectivity index (χ3n) is 3.39. The SMILES string of the molecule is CCCN(CCN(C)C)C(=O)N1C[C@H](O)C[C@H]1C(=O)O. The molecule has 0 saturated carbocycles. The standard InChI is InChI=1S/C13H25N3O4/c1-4-5-15(7-6-14(2)3)13(20)16-9-10(17)8-11(16)12(18)19/h10-11,17H,4-9H2,1-3H3,(H,18,19)/t10-,11+/m1/s1. The Morgan fingerprint density at radius 1 is 1.25 bits per heavy atom. The highest BCUT2D eigenvalue weighted by molar-refractivity contribution is 5.83. The van der Waals surface area contributed by atoms with Crippen LogP contribution in [0.5, 0.6) is 0 Å². The van der Waals surface area contributed by atoms with Crippen LogP contribution in [0.1, 0.15) is 19.8 Å². The molecule has 0 spiro atoms. The first-order chi connectivity index (χ1) is 9.36.